The van der Waals surface area contributed by atoms with Gasteiger partial charge in [-0.1, -0.05) is 0 Å². The summed E-state index contributed by atoms with van der Waals surface area (Å²) in [5, 5.41) is 0. The number of morpholine rings is 1. The van der Waals surface area contributed by atoms with Gasteiger partial charge in [0.15, 0.2) is 0 Å². The van der Waals surface area contributed by atoms with Crippen LogP contribution in [-0.4, -0.2) is 31.2 Å². The molecule has 0 saturated carbocycles. The number of hydrogen-bond acceptors (Lipinski definition) is 4. The first-order chi connectivity index (χ1) is 8.90. The van der Waals surface area contributed by atoms with Gasteiger partial charge in [-0.2, -0.15) is 0 Å². The van der Waals surface area contributed by atoms with E-state index in [1.165, 1.54) is 6.07 Å². The highest BCUT2D eigenvalue weighted by Gasteiger charge is 2.26. The van der Waals surface area contributed by atoms with E-state index >= 15 is 0 Å². The van der Waals surface area contributed by atoms with Gasteiger partial charge in [-0.25, -0.2) is 4.39 Å². The highest BCUT2D eigenvalue weighted by Crippen LogP contribution is 2.28. The van der Waals surface area contributed by atoms with Crippen LogP contribution in [0.15, 0.2) is 12.1 Å². The zero-order valence-electron chi connectivity index (χ0n) is 11.0. The van der Waals surface area contributed by atoms with Gasteiger partial charge in [-0.15, -0.1) is 0 Å². The van der Waals surface area contributed by atoms with E-state index in [0.29, 0.717) is 18.8 Å². The fraction of sp³-hybridized carbons (Fsp3) is 0.462. The molecule has 1 aromatic rings. The van der Waals surface area contributed by atoms with Crippen LogP contribution >= 0.6 is 0 Å². The topological polar surface area (TPSA) is 81.6 Å². The molecule has 0 bridgehead atoms. The molecule has 1 fully saturated rings. The molecule has 0 aromatic heterocycles. The Morgan fingerprint density at radius 1 is 1.47 bits per heavy atom. The van der Waals surface area contributed by atoms with Crippen LogP contribution in [0.5, 0.6) is 0 Å². The highest BCUT2D eigenvalue weighted by atomic mass is 19.1. The van der Waals surface area contributed by atoms with Crippen LogP contribution in [0.25, 0.3) is 0 Å². The first kappa shape index (κ1) is 13.6. The van der Waals surface area contributed by atoms with Gasteiger partial charge >= 0.3 is 0 Å². The standard InChI is InChI=1S/C13H18FN3O2/c1-7-6-19-8(2)5-17(7)12-3-9(13(16)18)11(15)4-10(12)14/h3-4,7-8H,5-6,15H2,1-2H3,(H2,16,18). The van der Waals surface area contributed by atoms with Crippen molar-refractivity contribution in [1.82, 2.24) is 0 Å². The molecule has 1 aliphatic rings. The number of primary amides is 1. The predicted molar refractivity (Wildman–Crippen MR) is 71.6 cm³/mol. The summed E-state index contributed by atoms with van der Waals surface area (Å²) in [6.45, 7) is 4.92. The minimum Gasteiger partial charge on any atom is -0.398 e. The Labute approximate surface area is 111 Å². The Balaban J connectivity index is 2.43. The lowest BCUT2D eigenvalue weighted by atomic mass is 10.1. The number of rotatable bonds is 2. The second kappa shape index (κ2) is 5.05. The van der Waals surface area contributed by atoms with Crippen LogP contribution in [0, 0.1) is 5.82 Å². The lowest BCUT2D eigenvalue weighted by molar-refractivity contribution is 0.0341. The van der Waals surface area contributed by atoms with Gasteiger partial charge in [0.25, 0.3) is 5.91 Å². The van der Waals surface area contributed by atoms with Crippen molar-refractivity contribution in [3.63, 3.8) is 0 Å². The van der Waals surface area contributed by atoms with E-state index in [2.05, 4.69) is 0 Å². The summed E-state index contributed by atoms with van der Waals surface area (Å²) in [4.78, 5) is 13.2. The average Bonchev–Trinajstić information content (AvgIpc) is 2.32. The molecule has 2 atom stereocenters. The molecule has 1 saturated heterocycles. The Kier molecular flexibility index (Phi) is 3.61. The number of ether oxygens (including phenoxy) is 1. The maximum atomic E-state index is 14.1. The maximum Gasteiger partial charge on any atom is 0.250 e. The fourth-order valence-corrected chi connectivity index (χ4v) is 2.25. The van der Waals surface area contributed by atoms with Gasteiger partial charge in [0.1, 0.15) is 5.82 Å². The lowest BCUT2D eigenvalue weighted by Crippen LogP contribution is -2.47. The van der Waals surface area contributed by atoms with Crippen molar-refractivity contribution >= 4 is 17.3 Å². The normalized spacial score (nSPS) is 23.4. The number of nitrogens with zero attached hydrogens (tertiary/aromatic N) is 1. The largest absolute Gasteiger partial charge is 0.398 e. The zero-order chi connectivity index (χ0) is 14.2. The van der Waals surface area contributed by atoms with Crippen LogP contribution in [0.1, 0.15) is 24.2 Å². The molecule has 0 aliphatic carbocycles. The molecule has 2 rings (SSSR count). The summed E-state index contributed by atoms with van der Waals surface area (Å²) >= 11 is 0. The van der Waals surface area contributed by atoms with Gasteiger partial charge in [-0.3, -0.25) is 4.79 Å². The average molecular weight is 267 g/mol. The van der Waals surface area contributed by atoms with Crippen molar-refractivity contribution in [2.75, 3.05) is 23.8 Å². The number of hydrogen-bond donors (Lipinski definition) is 2. The molecule has 0 radical (unpaired) electrons. The van der Waals surface area contributed by atoms with Gasteiger partial charge in [0.2, 0.25) is 0 Å². The van der Waals surface area contributed by atoms with Crippen molar-refractivity contribution in [3.8, 4) is 0 Å². The van der Waals surface area contributed by atoms with Crippen LogP contribution in [0.3, 0.4) is 0 Å². The molecule has 0 spiro atoms. The SMILES string of the molecule is CC1CN(c2cc(C(N)=O)c(N)cc2F)C(C)CO1. The third-order valence-electron chi connectivity index (χ3n) is 3.30. The van der Waals surface area contributed by atoms with Crippen LogP contribution in [0.4, 0.5) is 15.8 Å². The van der Waals surface area contributed by atoms with Crippen LogP contribution in [-0.2, 0) is 4.74 Å². The molecular formula is C13H18FN3O2. The first-order valence-corrected chi connectivity index (χ1v) is 6.17. The molecule has 1 heterocycles. The summed E-state index contributed by atoms with van der Waals surface area (Å²) in [6, 6.07) is 2.58. The Morgan fingerprint density at radius 2 is 2.16 bits per heavy atom. The van der Waals surface area contributed by atoms with Crippen molar-refractivity contribution in [3.05, 3.63) is 23.5 Å². The minimum absolute atomic E-state index is 0.00480. The summed E-state index contributed by atoms with van der Waals surface area (Å²) in [5.74, 6) is -1.11. The molecule has 104 valence electrons. The molecule has 19 heavy (non-hydrogen) atoms. The molecule has 4 N–H and O–H groups in total. The molecule has 2 unspecified atom stereocenters. The van der Waals surface area contributed by atoms with E-state index in [-0.39, 0.29) is 23.4 Å². The number of carbonyl (C=O) groups excluding carboxylic acids is 1. The van der Waals surface area contributed by atoms with Gasteiger partial charge < -0.3 is 21.1 Å². The molecular weight excluding hydrogens is 249 g/mol. The van der Waals surface area contributed by atoms with E-state index < -0.39 is 11.7 Å². The van der Waals surface area contributed by atoms with E-state index in [1.54, 1.807) is 0 Å². The van der Waals surface area contributed by atoms with Crippen molar-refractivity contribution < 1.29 is 13.9 Å². The lowest BCUT2D eigenvalue weighted by Gasteiger charge is -2.38. The number of carbonyl (C=O) groups is 1. The van der Waals surface area contributed by atoms with Crippen LogP contribution < -0.4 is 16.4 Å². The first-order valence-electron chi connectivity index (χ1n) is 6.17. The Hall–Kier alpha value is -1.82. The molecule has 6 heteroatoms. The Morgan fingerprint density at radius 3 is 2.79 bits per heavy atom. The van der Waals surface area contributed by atoms with E-state index in [9.17, 15) is 9.18 Å². The van der Waals surface area contributed by atoms with E-state index in [0.717, 1.165) is 6.07 Å². The predicted octanol–water partition coefficient (Wildman–Crippen LogP) is 1.12. The van der Waals surface area contributed by atoms with E-state index in [4.69, 9.17) is 16.2 Å². The van der Waals surface area contributed by atoms with Crippen LogP contribution in [0.2, 0.25) is 0 Å². The second-order valence-electron chi connectivity index (χ2n) is 4.90. The zero-order valence-corrected chi connectivity index (χ0v) is 11.0. The third-order valence-corrected chi connectivity index (χ3v) is 3.30. The number of nitrogen functional groups attached to an aromatic ring is 1. The van der Waals surface area contributed by atoms with Gasteiger partial charge in [-0.05, 0) is 26.0 Å². The number of nitrogens with two attached hydrogens (primary N) is 2. The smallest absolute Gasteiger partial charge is 0.250 e. The van der Waals surface area contributed by atoms with Crippen molar-refractivity contribution in [2.24, 2.45) is 5.73 Å². The second-order valence-corrected chi connectivity index (χ2v) is 4.90. The third kappa shape index (κ3) is 2.63. The van der Waals surface area contributed by atoms with Crippen molar-refractivity contribution in [2.45, 2.75) is 26.0 Å². The monoisotopic (exact) mass is 267 g/mol. The molecule has 5 nitrogen and oxygen atoms in total. The Bertz CT molecular complexity index is 507. The maximum absolute atomic E-state index is 14.1. The summed E-state index contributed by atoms with van der Waals surface area (Å²) < 4.78 is 19.6. The summed E-state index contributed by atoms with van der Waals surface area (Å²) in [7, 11) is 0. The van der Waals surface area contributed by atoms with Crippen molar-refractivity contribution in [1.29, 1.82) is 0 Å². The van der Waals surface area contributed by atoms with Gasteiger partial charge in [0, 0.05) is 18.3 Å². The van der Waals surface area contributed by atoms with E-state index in [1.807, 2.05) is 18.7 Å². The number of benzene rings is 1. The molecule has 1 aliphatic heterocycles. The quantitative estimate of drug-likeness (QED) is 0.787. The van der Waals surface area contributed by atoms with Gasteiger partial charge in [0.05, 0.1) is 24.0 Å². The number of amides is 1. The molecule has 1 amide bonds. The summed E-state index contributed by atoms with van der Waals surface area (Å²) in [6.07, 6.45) is 0.00480. The number of anilines is 2. The highest BCUT2D eigenvalue weighted by molar-refractivity contribution is 5.99. The minimum atomic E-state index is -0.660. The number of halogens is 1. The molecule has 1 aromatic carbocycles. The summed E-state index contributed by atoms with van der Waals surface area (Å²) in [5.41, 5.74) is 11.4. The fourth-order valence-electron chi connectivity index (χ4n) is 2.25.